The van der Waals surface area contributed by atoms with Crippen molar-refractivity contribution >= 4 is 23.1 Å². The molecule has 9 heteroatoms. The van der Waals surface area contributed by atoms with Gasteiger partial charge in [0.2, 0.25) is 0 Å². The SMILES string of the molecule is O=C1C(=O)N(c2ccc(OC(F)(F)F)cc2)C(c2ccncc2)/C1=C(/O)c1ccc2c(c1)CCCC2. The maximum Gasteiger partial charge on any atom is 0.573 e. The van der Waals surface area contributed by atoms with Crippen molar-refractivity contribution in [1.82, 2.24) is 4.98 Å². The van der Waals surface area contributed by atoms with E-state index in [2.05, 4.69) is 9.72 Å². The first kappa shape index (κ1) is 23.6. The van der Waals surface area contributed by atoms with Crippen molar-refractivity contribution in [3.05, 3.63) is 94.8 Å². The number of benzene rings is 2. The van der Waals surface area contributed by atoms with Gasteiger partial charge in [0.05, 0.1) is 11.6 Å². The molecule has 0 spiro atoms. The molecule has 0 bridgehead atoms. The molecule has 1 atom stereocenters. The minimum absolute atomic E-state index is 0.0995. The van der Waals surface area contributed by atoms with Crippen LogP contribution < -0.4 is 9.64 Å². The van der Waals surface area contributed by atoms with Crippen LogP contribution in [-0.4, -0.2) is 28.1 Å². The van der Waals surface area contributed by atoms with E-state index in [1.165, 1.54) is 35.0 Å². The number of Topliss-reactive ketones (excluding diaryl/α,β-unsaturated/α-hetero) is 1. The number of alkyl halides is 3. The van der Waals surface area contributed by atoms with Gasteiger partial charge in [0.1, 0.15) is 11.5 Å². The lowest BCUT2D eigenvalue weighted by Gasteiger charge is -2.25. The average Bonchev–Trinajstić information content (AvgIpc) is 3.13. The molecule has 2 aromatic carbocycles. The van der Waals surface area contributed by atoms with Gasteiger partial charge in [-0.25, -0.2) is 0 Å². The summed E-state index contributed by atoms with van der Waals surface area (Å²) in [5.41, 5.74) is 3.32. The van der Waals surface area contributed by atoms with Crippen LogP contribution in [0.25, 0.3) is 5.76 Å². The normalized spacial score (nSPS) is 19.3. The number of halogens is 3. The van der Waals surface area contributed by atoms with Gasteiger partial charge in [-0.1, -0.05) is 12.1 Å². The Balaban J connectivity index is 1.61. The largest absolute Gasteiger partial charge is 0.573 e. The Bertz CT molecular complexity index is 1350. The standard InChI is InChI=1S/C27H21F3N2O4/c28-27(29,30)36-21-9-7-20(8-10-21)32-23(17-11-13-31-14-12-17)22(25(34)26(32)35)24(33)19-6-5-16-3-1-2-4-18(16)15-19/h5-15,23,33H,1-4H2/b24-22-. The van der Waals surface area contributed by atoms with Crippen LogP contribution in [0.15, 0.2) is 72.6 Å². The summed E-state index contributed by atoms with van der Waals surface area (Å²) in [7, 11) is 0. The summed E-state index contributed by atoms with van der Waals surface area (Å²) in [5, 5.41) is 11.3. The van der Waals surface area contributed by atoms with Gasteiger partial charge in [-0.15, -0.1) is 13.2 Å². The fraction of sp³-hybridized carbons (Fsp3) is 0.222. The van der Waals surface area contributed by atoms with Crippen molar-refractivity contribution in [2.75, 3.05) is 4.90 Å². The first-order chi connectivity index (χ1) is 17.2. The number of rotatable bonds is 4. The van der Waals surface area contributed by atoms with Crippen molar-refractivity contribution in [2.45, 2.75) is 38.1 Å². The summed E-state index contributed by atoms with van der Waals surface area (Å²) >= 11 is 0. The highest BCUT2D eigenvalue weighted by atomic mass is 19.4. The minimum Gasteiger partial charge on any atom is -0.507 e. The van der Waals surface area contributed by atoms with Gasteiger partial charge >= 0.3 is 6.36 Å². The molecule has 3 aromatic rings. The van der Waals surface area contributed by atoms with E-state index in [1.54, 1.807) is 18.2 Å². The van der Waals surface area contributed by atoms with Gasteiger partial charge < -0.3 is 9.84 Å². The van der Waals surface area contributed by atoms with E-state index in [4.69, 9.17) is 0 Å². The van der Waals surface area contributed by atoms with Gasteiger partial charge in [0.25, 0.3) is 11.7 Å². The number of aliphatic hydroxyl groups is 1. The van der Waals surface area contributed by atoms with E-state index < -0.39 is 29.8 Å². The molecule has 184 valence electrons. The minimum atomic E-state index is -4.86. The van der Waals surface area contributed by atoms with Gasteiger partial charge in [0, 0.05) is 23.6 Å². The van der Waals surface area contributed by atoms with E-state index in [0.29, 0.717) is 11.1 Å². The summed E-state index contributed by atoms with van der Waals surface area (Å²) < 4.78 is 41.6. The zero-order valence-electron chi connectivity index (χ0n) is 19.0. The number of aliphatic hydroxyl groups excluding tert-OH is 1. The van der Waals surface area contributed by atoms with Crippen LogP contribution in [0.5, 0.6) is 5.75 Å². The molecule has 36 heavy (non-hydrogen) atoms. The van der Waals surface area contributed by atoms with Crippen molar-refractivity contribution in [1.29, 1.82) is 0 Å². The van der Waals surface area contributed by atoms with E-state index in [9.17, 15) is 27.9 Å². The lowest BCUT2D eigenvalue weighted by Crippen LogP contribution is -2.29. The number of ether oxygens (including phenoxy) is 1. The van der Waals surface area contributed by atoms with Gasteiger partial charge in [0.15, 0.2) is 0 Å². The highest BCUT2D eigenvalue weighted by molar-refractivity contribution is 6.51. The molecule has 6 nitrogen and oxygen atoms in total. The number of carbonyl (C=O) groups excluding carboxylic acids is 2. The van der Waals surface area contributed by atoms with Crippen LogP contribution in [0.4, 0.5) is 18.9 Å². The molecule has 1 aromatic heterocycles. The Kier molecular flexibility index (Phi) is 5.99. The summed E-state index contributed by atoms with van der Waals surface area (Å²) in [6.45, 7) is 0. The monoisotopic (exact) mass is 494 g/mol. The van der Waals surface area contributed by atoms with Crippen LogP contribution in [0, 0.1) is 0 Å². The van der Waals surface area contributed by atoms with Crippen LogP contribution in [0.2, 0.25) is 0 Å². The highest BCUT2D eigenvalue weighted by Crippen LogP contribution is 2.42. The molecule has 1 amide bonds. The fourth-order valence-electron chi connectivity index (χ4n) is 4.80. The van der Waals surface area contributed by atoms with Gasteiger partial charge in [-0.3, -0.25) is 19.5 Å². The van der Waals surface area contributed by atoms with Crippen molar-refractivity contribution in [3.8, 4) is 5.75 Å². The third-order valence-corrected chi connectivity index (χ3v) is 6.44. The number of pyridine rings is 1. The second-order valence-electron chi connectivity index (χ2n) is 8.68. The molecule has 1 fully saturated rings. The molecular formula is C27H21F3N2O4. The van der Waals surface area contributed by atoms with Crippen molar-refractivity contribution < 1.29 is 32.6 Å². The van der Waals surface area contributed by atoms with E-state index in [-0.39, 0.29) is 17.0 Å². The molecule has 0 saturated carbocycles. The third-order valence-electron chi connectivity index (χ3n) is 6.44. The van der Waals surface area contributed by atoms with Crippen molar-refractivity contribution in [3.63, 3.8) is 0 Å². The molecule has 2 aliphatic rings. The topological polar surface area (TPSA) is 79.7 Å². The molecule has 1 saturated heterocycles. The zero-order valence-corrected chi connectivity index (χ0v) is 19.0. The number of hydrogen-bond acceptors (Lipinski definition) is 5. The number of fused-ring (bicyclic) bond motifs is 1. The number of nitrogens with zero attached hydrogens (tertiary/aromatic N) is 2. The van der Waals surface area contributed by atoms with Crippen LogP contribution in [0.1, 0.15) is 41.1 Å². The van der Waals surface area contributed by atoms with Crippen LogP contribution in [-0.2, 0) is 22.4 Å². The molecule has 0 radical (unpaired) electrons. The predicted molar refractivity (Wildman–Crippen MR) is 125 cm³/mol. The Morgan fingerprint density at radius 2 is 1.61 bits per heavy atom. The molecule has 1 unspecified atom stereocenters. The summed E-state index contributed by atoms with van der Waals surface area (Å²) in [6, 6.07) is 12.4. The number of anilines is 1. The lowest BCUT2D eigenvalue weighted by molar-refractivity contribution is -0.274. The number of carbonyl (C=O) groups is 2. The average molecular weight is 494 g/mol. The number of amides is 1. The van der Waals surface area contributed by atoms with Crippen molar-refractivity contribution in [2.24, 2.45) is 0 Å². The van der Waals surface area contributed by atoms with Gasteiger partial charge in [-0.05, 0) is 84.8 Å². The number of hydrogen-bond donors (Lipinski definition) is 1. The molecule has 5 rings (SSSR count). The first-order valence-electron chi connectivity index (χ1n) is 11.4. The highest BCUT2D eigenvalue weighted by Gasteiger charge is 2.47. The summed E-state index contributed by atoms with van der Waals surface area (Å²) in [6.07, 6.45) is 2.07. The van der Waals surface area contributed by atoms with E-state index in [0.717, 1.165) is 43.4 Å². The Morgan fingerprint density at radius 3 is 2.28 bits per heavy atom. The Morgan fingerprint density at radius 1 is 0.944 bits per heavy atom. The second-order valence-corrected chi connectivity index (χ2v) is 8.68. The second kappa shape index (κ2) is 9.14. The third kappa shape index (κ3) is 4.44. The molecular weight excluding hydrogens is 473 g/mol. The maximum absolute atomic E-state index is 13.2. The lowest BCUT2D eigenvalue weighted by atomic mass is 9.89. The Labute approximate surface area is 204 Å². The van der Waals surface area contributed by atoms with Gasteiger partial charge in [-0.2, -0.15) is 0 Å². The van der Waals surface area contributed by atoms with Crippen LogP contribution in [0.3, 0.4) is 0 Å². The summed E-state index contributed by atoms with van der Waals surface area (Å²) in [5.74, 6) is -2.55. The Hall–Kier alpha value is -4.14. The zero-order chi connectivity index (χ0) is 25.4. The number of aromatic nitrogens is 1. The van der Waals surface area contributed by atoms with E-state index >= 15 is 0 Å². The molecule has 1 aliphatic carbocycles. The maximum atomic E-state index is 13.2. The van der Waals surface area contributed by atoms with Crippen LogP contribution >= 0.6 is 0 Å². The van der Waals surface area contributed by atoms with E-state index in [1.807, 2.05) is 12.1 Å². The fourth-order valence-corrected chi connectivity index (χ4v) is 4.80. The predicted octanol–water partition coefficient (Wildman–Crippen LogP) is 5.49. The molecule has 1 aliphatic heterocycles. The molecule has 2 heterocycles. The molecule has 1 N–H and O–H groups in total. The smallest absolute Gasteiger partial charge is 0.507 e. The number of ketones is 1. The summed E-state index contributed by atoms with van der Waals surface area (Å²) in [4.78, 5) is 31.6. The first-order valence-corrected chi connectivity index (χ1v) is 11.4. The quantitative estimate of drug-likeness (QED) is 0.295. The number of aryl methyl sites for hydroxylation is 2.